The highest BCUT2D eigenvalue weighted by atomic mass is 32.2. The van der Waals surface area contributed by atoms with Crippen LogP contribution in [0.1, 0.15) is 23.6 Å². The minimum absolute atomic E-state index is 0.177. The summed E-state index contributed by atoms with van der Waals surface area (Å²) in [5.74, 6) is -0.314. The van der Waals surface area contributed by atoms with Gasteiger partial charge in [-0.2, -0.15) is 0 Å². The fraction of sp³-hybridized carbons (Fsp3) is 0.217. The van der Waals surface area contributed by atoms with E-state index in [4.69, 9.17) is 0 Å². The highest BCUT2D eigenvalue weighted by Gasteiger charge is 2.16. The molecule has 2 heterocycles. The molecule has 1 N–H and O–H groups in total. The number of benzene rings is 2. The van der Waals surface area contributed by atoms with E-state index in [1.165, 1.54) is 32.0 Å². The zero-order valence-electron chi connectivity index (χ0n) is 17.6. The Morgan fingerprint density at radius 3 is 2.61 bits per heavy atom. The first-order valence-electron chi connectivity index (χ1n) is 10.0. The topological polar surface area (TPSA) is 81.3 Å². The number of fused-ring (bicyclic) bond motifs is 1. The van der Waals surface area contributed by atoms with Gasteiger partial charge >= 0.3 is 5.69 Å². The Morgan fingerprint density at radius 2 is 1.90 bits per heavy atom. The zero-order chi connectivity index (χ0) is 22.0. The molecular weight excluding hydrogens is 410 g/mol. The molecule has 0 unspecified atom stereocenters. The van der Waals surface area contributed by atoms with E-state index in [0.29, 0.717) is 16.4 Å². The largest absolute Gasteiger partial charge is 0.350 e. The zero-order valence-corrected chi connectivity index (χ0v) is 18.4. The van der Waals surface area contributed by atoms with Crippen molar-refractivity contribution in [2.24, 2.45) is 0 Å². The van der Waals surface area contributed by atoms with Crippen molar-refractivity contribution in [3.63, 3.8) is 0 Å². The predicted molar refractivity (Wildman–Crippen MR) is 122 cm³/mol. The minimum Gasteiger partial charge on any atom is -0.324 e. The molecule has 0 bridgehead atoms. The number of carbonyl (C=O) groups excluding carboxylic acids is 1. The second kappa shape index (κ2) is 8.77. The van der Waals surface area contributed by atoms with Gasteiger partial charge in [0.2, 0.25) is 5.91 Å². The third-order valence-corrected chi connectivity index (χ3v) is 6.11. The SMILES string of the molecule is CCc1ccc(NC(=O)Cn2nc3c(Sc4ccc(C)cc4C)nccn3c2=O)cc1. The third-order valence-electron chi connectivity index (χ3n) is 4.95. The molecule has 31 heavy (non-hydrogen) atoms. The molecule has 7 nitrogen and oxygen atoms in total. The lowest BCUT2D eigenvalue weighted by atomic mass is 10.1. The number of anilines is 1. The van der Waals surface area contributed by atoms with E-state index in [-0.39, 0.29) is 18.1 Å². The average Bonchev–Trinajstić information content (AvgIpc) is 3.07. The van der Waals surface area contributed by atoms with Gasteiger partial charge in [-0.25, -0.2) is 18.9 Å². The van der Waals surface area contributed by atoms with E-state index < -0.39 is 0 Å². The van der Waals surface area contributed by atoms with Gasteiger partial charge in [0.25, 0.3) is 0 Å². The monoisotopic (exact) mass is 433 g/mol. The van der Waals surface area contributed by atoms with Gasteiger partial charge in [-0.05, 0) is 49.6 Å². The summed E-state index contributed by atoms with van der Waals surface area (Å²) >= 11 is 1.45. The fourth-order valence-electron chi connectivity index (χ4n) is 3.28. The molecule has 8 heteroatoms. The molecule has 0 radical (unpaired) electrons. The summed E-state index contributed by atoms with van der Waals surface area (Å²) in [5.41, 5.74) is 4.24. The Balaban J connectivity index is 1.57. The van der Waals surface area contributed by atoms with Gasteiger partial charge in [-0.1, -0.05) is 48.5 Å². The molecule has 2 aromatic carbocycles. The molecule has 0 aliphatic heterocycles. The number of aryl methyl sites for hydroxylation is 3. The Morgan fingerprint density at radius 1 is 1.13 bits per heavy atom. The van der Waals surface area contributed by atoms with Crippen LogP contribution in [0.4, 0.5) is 5.69 Å². The molecule has 0 atom stereocenters. The highest BCUT2D eigenvalue weighted by molar-refractivity contribution is 7.99. The summed E-state index contributed by atoms with van der Waals surface area (Å²) in [6.45, 7) is 5.98. The number of hydrogen-bond acceptors (Lipinski definition) is 5. The number of rotatable bonds is 6. The molecular formula is C23H23N5O2S. The van der Waals surface area contributed by atoms with Crippen molar-refractivity contribution >= 4 is 29.0 Å². The van der Waals surface area contributed by atoms with Gasteiger partial charge in [0.1, 0.15) is 11.6 Å². The average molecular weight is 434 g/mol. The van der Waals surface area contributed by atoms with Crippen LogP contribution in [0.2, 0.25) is 0 Å². The van der Waals surface area contributed by atoms with Gasteiger partial charge in [-0.3, -0.25) is 4.79 Å². The summed E-state index contributed by atoms with van der Waals surface area (Å²) in [5, 5.41) is 7.81. The van der Waals surface area contributed by atoms with Crippen LogP contribution in [-0.2, 0) is 17.8 Å². The van der Waals surface area contributed by atoms with Crippen LogP contribution >= 0.6 is 11.8 Å². The Hall–Kier alpha value is -3.39. The van der Waals surface area contributed by atoms with E-state index in [2.05, 4.69) is 28.4 Å². The minimum atomic E-state index is -0.378. The maximum atomic E-state index is 12.8. The lowest BCUT2D eigenvalue weighted by molar-refractivity contribution is -0.117. The Bertz CT molecular complexity index is 1310. The van der Waals surface area contributed by atoms with Gasteiger partial charge in [0.15, 0.2) is 5.65 Å². The predicted octanol–water partition coefficient (Wildman–Crippen LogP) is 3.86. The van der Waals surface area contributed by atoms with Crippen molar-refractivity contribution in [2.45, 2.75) is 43.7 Å². The standard InChI is InChI=1S/C23H23N5O2S/c1-4-17-6-8-18(9-7-17)25-20(29)14-28-23(30)27-12-11-24-22(21(27)26-28)31-19-10-5-15(2)13-16(19)3/h5-13H,4,14H2,1-3H3,(H,25,29). The molecule has 2 aromatic heterocycles. The van der Waals surface area contributed by atoms with Crippen molar-refractivity contribution in [1.82, 2.24) is 19.2 Å². The number of aromatic nitrogens is 4. The third kappa shape index (κ3) is 4.54. The molecule has 0 saturated carbocycles. The van der Waals surface area contributed by atoms with Crippen LogP contribution in [0.5, 0.6) is 0 Å². The smallest absolute Gasteiger partial charge is 0.324 e. The molecule has 0 aliphatic rings. The normalized spacial score (nSPS) is 11.1. The second-order valence-corrected chi connectivity index (χ2v) is 8.37. The maximum Gasteiger partial charge on any atom is 0.350 e. The Labute approximate surface area is 184 Å². The highest BCUT2D eigenvalue weighted by Crippen LogP contribution is 2.31. The summed E-state index contributed by atoms with van der Waals surface area (Å²) in [6, 6.07) is 13.8. The van der Waals surface area contributed by atoms with Crippen molar-refractivity contribution in [3.8, 4) is 0 Å². The van der Waals surface area contributed by atoms with Crippen LogP contribution in [0, 0.1) is 13.8 Å². The summed E-state index contributed by atoms with van der Waals surface area (Å²) in [4.78, 5) is 30.7. The number of hydrogen-bond donors (Lipinski definition) is 1. The second-order valence-electron chi connectivity index (χ2n) is 7.34. The summed E-state index contributed by atoms with van der Waals surface area (Å²) < 4.78 is 2.58. The molecule has 4 aromatic rings. The maximum absolute atomic E-state index is 12.8. The van der Waals surface area contributed by atoms with Crippen molar-refractivity contribution in [1.29, 1.82) is 0 Å². The van der Waals surface area contributed by atoms with E-state index in [0.717, 1.165) is 16.9 Å². The van der Waals surface area contributed by atoms with Crippen LogP contribution < -0.4 is 11.0 Å². The van der Waals surface area contributed by atoms with Crippen LogP contribution in [0.25, 0.3) is 5.65 Å². The summed E-state index contributed by atoms with van der Waals surface area (Å²) in [6.07, 6.45) is 4.07. The molecule has 0 fully saturated rings. The van der Waals surface area contributed by atoms with Gasteiger partial charge in [0.05, 0.1) is 0 Å². The van der Waals surface area contributed by atoms with Crippen LogP contribution in [0.15, 0.2) is 69.6 Å². The number of amides is 1. The summed E-state index contributed by atoms with van der Waals surface area (Å²) in [7, 11) is 0. The fourth-order valence-corrected chi connectivity index (χ4v) is 4.19. The van der Waals surface area contributed by atoms with E-state index in [1.54, 1.807) is 12.4 Å². The lowest BCUT2D eigenvalue weighted by Gasteiger charge is -2.06. The number of nitrogens with one attached hydrogen (secondary N) is 1. The van der Waals surface area contributed by atoms with Gasteiger partial charge in [0, 0.05) is 23.0 Å². The molecule has 4 rings (SSSR count). The van der Waals surface area contributed by atoms with Crippen LogP contribution in [0.3, 0.4) is 0 Å². The first kappa shape index (κ1) is 20.9. The lowest BCUT2D eigenvalue weighted by Crippen LogP contribution is -2.28. The molecule has 0 aliphatic carbocycles. The molecule has 0 spiro atoms. The van der Waals surface area contributed by atoms with Crippen molar-refractivity contribution < 1.29 is 4.79 Å². The van der Waals surface area contributed by atoms with Crippen molar-refractivity contribution in [3.05, 3.63) is 82.0 Å². The van der Waals surface area contributed by atoms with Crippen molar-refractivity contribution in [2.75, 3.05) is 5.32 Å². The van der Waals surface area contributed by atoms with Gasteiger partial charge in [-0.15, -0.1) is 5.10 Å². The number of nitrogens with zero attached hydrogens (tertiary/aromatic N) is 4. The Kier molecular flexibility index (Phi) is 5.90. The van der Waals surface area contributed by atoms with Crippen LogP contribution in [-0.4, -0.2) is 25.1 Å². The molecule has 1 amide bonds. The van der Waals surface area contributed by atoms with E-state index in [1.807, 2.05) is 50.2 Å². The van der Waals surface area contributed by atoms with E-state index >= 15 is 0 Å². The van der Waals surface area contributed by atoms with E-state index in [9.17, 15) is 9.59 Å². The molecule has 158 valence electrons. The van der Waals surface area contributed by atoms with Gasteiger partial charge < -0.3 is 5.32 Å². The molecule has 0 saturated heterocycles. The number of carbonyl (C=O) groups is 1. The first-order chi connectivity index (χ1) is 14.9. The first-order valence-corrected chi connectivity index (χ1v) is 10.8. The quantitative estimate of drug-likeness (QED) is 0.499.